The Morgan fingerprint density at radius 3 is 2.65 bits per heavy atom. The summed E-state index contributed by atoms with van der Waals surface area (Å²) in [5.41, 5.74) is 2.08. The summed E-state index contributed by atoms with van der Waals surface area (Å²) in [6.45, 7) is 0. The first-order valence-electron chi connectivity index (χ1n) is 7.65. The third kappa shape index (κ3) is 3.27. The number of carbonyl (C=O) groups is 2. The largest absolute Gasteiger partial charge is 0.465 e. The van der Waals surface area contributed by atoms with Crippen molar-refractivity contribution in [1.82, 2.24) is 4.98 Å². The van der Waals surface area contributed by atoms with Gasteiger partial charge in [0.1, 0.15) is 5.00 Å². The lowest BCUT2D eigenvalue weighted by Crippen LogP contribution is -2.14. The maximum absolute atomic E-state index is 12.4. The number of aromatic nitrogens is 1. The number of pyridine rings is 1. The number of methoxy groups -OCH3 is 1. The van der Waals surface area contributed by atoms with Gasteiger partial charge in [-0.2, -0.15) is 0 Å². The van der Waals surface area contributed by atoms with Crippen LogP contribution < -0.4 is 5.32 Å². The first kappa shape index (κ1) is 15.7. The van der Waals surface area contributed by atoms with Crippen LogP contribution in [-0.2, 0) is 17.6 Å². The first-order chi connectivity index (χ1) is 11.2. The van der Waals surface area contributed by atoms with E-state index in [0.717, 1.165) is 31.2 Å². The molecular weight excluding hydrogens is 312 g/mol. The highest BCUT2D eigenvalue weighted by molar-refractivity contribution is 7.17. The van der Waals surface area contributed by atoms with Crippen molar-refractivity contribution >= 4 is 28.2 Å². The van der Waals surface area contributed by atoms with Crippen LogP contribution in [0.3, 0.4) is 0 Å². The van der Waals surface area contributed by atoms with E-state index in [0.29, 0.717) is 16.1 Å². The van der Waals surface area contributed by atoms with Crippen molar-refractivity contribution in [3.63, 3.8) is 0 Å². The van der Waals surface area contributed by atoms with E-state index in [2.05, 4.69) is 10.3 Å². The number of ether oxygens (including phenoxy) is 1. The third-order valence-corrected chi connectivity index (χ3v) is 5.19. The second-order valence-corrected chi connectivity index (χ2v) is 6.56. The normalized spacial score (nSPS) is 13.8. The van der Waals surface area contributed by atoms with Gasteiger partial charge in [-0.3, -0.25) is 9.78 Å². The smallest absolute Gasteiger partial charge is 0.341 e. The minimum Gasteiger partial charge on any atom is -0.465 e. The summed E-state index contributed by atoms with van der Waals surface area (Å²) >= 11 is 1.49. The number of nitrogens with zero attached hydrogens (tertiary/aromatic N) is 1. The minimum absolute atomic E-state index is 0.242. The predicted octanol–water partition coefficient (Wildman–Crippen LogP) is 3.45. The number of hydrogen-bond acceptors (Lipinski definition) is 5. The van der Waals surface area contributed by atoms with Crippen molar-refractivity contribution in [2.45, 2.75) is 32.1 Å². The van der Waals surface area contributed by atoms with E-state index in [9.17, 15) is 9.59 Å². The van der Waals surface area contributed by atoms with Gasteiger partial charge in [0.25, 0.3) is 5.91 Å². The monoisotopic (exact) mass is 330 g/mol. The van der Waals surface area contributed by atoms with Gasteiger partial charge in [0.15, 0.2) is 0 Å². The molecule has 0 unspecified atom stereocenters. The Balaban J connectivity index is 1.95. The van der Waals surface area contributed by atoms with Gasteiger partial charge >= 0.3 is 5.97 Å². The zero-order valence-corrected chi connectivity index (χ0v) is 13.7. The Labute approximate surface area is 138 Å². The SMILES string of the molecule is COC(=O)c1c(NC(=O)c2ccncc2)sc2c1CCCCC2. The van der Waals surface area contributed by atoms with E-state index < -0.39 is 0 Å². The highest BCUT2D eigenvalue weighted by atomic mass is 32.1. The van der Waals surface area contributed by atoms with E-state index in [1.807, 2.05) is 0 Å². The summed E-state index contributed by atoms with van der Waals surface area (Å²) in [4.78, 5) is 29.7. The Bertz CT molecular complexity index is 725. The number of thiophene rings is 1. The summed E-state index contributed by atoms with van der Waals surface area (Å²) in [6, 6.07) is 3.29. The van der Waals surface area contributed by atoms with Gasteiger partial charge in [-0.1, -0.05) is 6.42 Å². The molecule has 0 saturated carbocycles. The minimum atomic E-state index is -0.380. The number of fused-ring (bicyclic) bond motifs is 1. The fourth-order valence-corrected chi connectivity index (χ4v) is 4.10. The number of esters is 1. The van der Waals surface area contributed by atoms with Crippen LogP contribution in [0.5, 0.6) is 0 Å². The van der Waals surface area contributed by atoms with E-state index in [-0.39, 0.29) is 11.9 Å². The molecular formula is C17H18N2O3S. The molecule has 0 atom stereocenters. The highest BCUT2D eigenvalue weighted by Gasteiger charge is 2.26. The molecule has 1 N–H and O–H groups in total. The van der Waals surface area contributed by atoms with Crippen LogP contribution >= 0.6 is 11.3 Å². The van der Waals surface area contributed by atoms with Crippen LogP contribution in [-0.4, -0.2) is 24.0 Å². The predicted molar refractivity (Wildman–Crippen MR) is 89.1 cm³/mol. The van der Waals surface area contributed by atoms with Crippen molar-refractivity contribution in [2.75, 3.05) is 12.4 Å². The molecule has 120 valence electrons. The highest BCUT2D eigenvalue weighted by Crippen LogP contribution is 2.38. The molecule has 3 rings (SSSR count). The van der Waals surface area contributed by atoms with Gasteiger partial charge in [0.2, 0.25) is 0 Å². The molecule has 0 spiro atoms. The Hall–Kier alpha value is -2.21. The number of aryl methyl sites for hydroxylation is 1. The Morgan fingerprint density at radius 1 is 1.17 bits per heavy atom. The van der Waals surface area contributed by atoms with Crippen LogP contribution in [0.1, 0.15) is 50.4 Å². The van der Waals surface area contributed by atoms with Crippen molar-refractivity contribution in [3.05, 3.63) is 46.1 Å². The van der Waals surface area contributed by atoms with Gasteiger partial charge in [0.05, 0.1) is 12.7 Å². The molecule has 2 aromatic rings. The molecule has 0 aromatic carbocycles. The average Bonchev–Trinajstić information content (AvgIpc) is 2.76. The zero-order valence-electron chi connectivity index (χ0n) is 12.9. The Kier molecular flexibility index (Phi) is 4.71. The molecule has 0 aliphatic heterocycles. The molecule has 5 nitrogen and oxygen atoms in total. The number of anilines is 1. The lowest BCUT2D eigenvalue weighted by Gasteiger charge is -2.07. The van der Waals surface area contributed by atoms with E-state index in [1.54, 1.807) is 24.5 Å². The van der Waals surface area contributed by atoms with Crippen LogP contribution in [0.4, 0.5) is 5.00 Å². The molecule has 0 bridgehead atoms. The van der Waals surface area contributed by atoms with Gasteiger partial charge in [-0.15, -0.1) is 11.3 Å². The molecule has 0 fully saturated rings. The summed E-state index contributed by atoms with van der Waals surface area (Å²) in [7, 11) is 1.37. The first-order valence-corrected chi connectivity index (χ1v) is 8.46. The maximum atomic E-state index is 12.4. The molecule has 2 heterocycles. The zero-order chi connectivity index (χ0) is 16.2. The quantitative estimate of drug-likeness (QED) is 0.691. The molecule has 1 aliphatic rings. The topological polar surface area (TPSA) is 68.3 Å². The Morgan fingerprint density at radius 2 is 1.91 bits per heavy atom. The molecule has 2 aromatic heterocycles. The van der Waals surface area contributed by atoms with Crippen LogP contribution in [0, 0.1) is 0 Å². The van der Waals surface area contributed by atoms with Crippen LogP contribution in [0.25, 0.3) is 0 Å². The number of hydrogen-bond donors (Lipinski definition) is 1. The number of nitrogens with one attached hydrogen (secondary N) is 1. The lowest BCUT2D eigenvalue weighted by molar-refractivity contribution is 0.0601. The molecule has 1 amide bonds. The van der Waals surface area contributed by atoms with Gasteiger partial charge < -0.3 is 10.1 Å². The van der Waals surface area contributed by atoms with Crippen LogP contribution in [0.15, 0.2) is 24.5 Å². The molecule has 6 heteroatoms. The summed E-state index contributed by atoms with van der Waals surface area (Å²) < 4.78 is 4.94. The van der Waals surface area contributed by atoms with Gasteiger partial charge in [-0.25, -0.2) is 4.79 Å². The fourth-order valence-electron chi connectivity index (χ4n) is 2.83. The van der Waals surface area contributed by atoms with E-state index >= 15 is 0 Å². The van der Waals surface area contributed by atoms with Gasteiger partial charge in [-0.05, 0) is 43.4 Å². The van der Waals surface area contributed by atoms with Crippen LogP contribution in [0.2, 0.25) is 0 Å². The standard InChI is InChI=1S/C17H18N2O3S/c1-22-17(21)14-12-5-3-2-4-6-13(12)23-16(14)19-15(20)11-7-9-18-10-8-11/h7-10H,2-6H2,1H3,(H,19,20). The van der Waals surface area contributed by atoms with E-state index in [1.165, 1.54) is 29.7 Å². The molecule has 0 saturated heterocycles. The molecule has 1 aliphatic carbocycles. The maximum Gasteiger partial charge on any atom is 0.341 e. The van der Waals surface area contributed by atoms with Crippen molar-refractivity contribution in [3.8, 4) is 0 Å². The fraction of sp³-hybridized carbons (Fsp3) is 0.353. The molecule has 23 heavy (non-hydrogen) atoms. The lowest BCUT2D eigenvalue weighted by atomic mass is 10.1. The van der Waals surface area contributed by atoms with Crippen molar-refractivity contribution in [2.24, 2.45) is 0 Å². The summed E-state index contributed by atoms with van der Waals surface area (Å²) in [6.07, 6.45) is 8.30. The van der Waals surface area contributed by atoms with Crippen molar-refractivity contribution in [1.29, 1.82) is 0 Å². The number of rotatable bonds is 3. The second-order valence-electron chi connectivity index (χ2n) is 5.45. The van der Waals surface area contributed by atoms with Gasteiger partial charge in [0, 0.05) is 22.8 Å². The van der Waals surface area contributed by atoms with Crippen molar-refractivity contribution < 1.29 is 14.3 Å². The van der Waals surface area contributed by atoms with E-state index in [4.69, 9.17) is 4.74 Å². The number of carbonyl (C=O) groups excluding carboxylic acids is 2. The second kappa shape index (κ2) is 6.91. The number of amides is 1. The molecule has 0 radical (unpaired) electrons. The average molecular weight is 330 g/mol. The third-order valence-electron chi connectivity index (χ3n) is 3.98. The summed E-state index contributed by atoms with van der Waals surface area (Å²) in [5, 5.41) is 3.46. The summed E-state index contributed by atoms with van der Waals surface area (Å²) in [5.74, 6) is -0.622.